The van der Waals surface area contributed by atoms with Crippen LogP contribution in [0.25, 0.3) is 0 Å². The van der Waals surface area contributed by atoms with Crippen LogP contribution in [0.5, 0.6) is 0 Å². The molecule has 0 spiro atoms. The van der Waals surface area contributed by atoms with Crippen LogP contribution >= 0.6 is 36.3 Å². The Morgan fingerprint density at radius 2 is 1.43 bits per heavy atom. The fourth-order valence-electron chi connectivity index (χ4n) is 0.0833. The summed E-state index contributed by atoms with van der Waals surface area (Å²) in [6, 6.07) is 0. The van der Waals surface area contributed by atoms with Gasteiger partial charge in [0.15, 0.2) is 0 Å². The summed E-state index contributed by atoms with van der Waals surface area (Å²) < 4.78 is 10.1. The van der Waals surface area contributed by atoms with Crippen LogP contribution in [-0.4, -0.2) is 14.2 Å². The molecule has 0 unspecified atom stereocenters. The predicted molar refractivity (Wildman–Crippen MR) is 42.1 cm³/mol. The Morgan fingerprint density at radius 1 is 1.14 bits per heavy atom. The molecule has 0 saturated heterocycles. The van der Waals surface area contributed by atoms with Crippen LogP contribution in [0.15, 0.2) is 0 Å². The maximum atomic E-state index is 5.06. The Morgan fingerprint density at radius 3 is 1.43 bits per heavy atom. The Kier molecular flexibility index (Phi) is 5.45. The van der Waals surface area contributed by atoms with Crippen molar-refractivity contribution in [1.29, 1.82) is 0 Å². The minimum absolute atomic E-state index is 1.70. The monoisotopic (exact) mass is 496 g/mol. The van der Waals surface area contributed by atoms with E-state index in [9.17, 15) is 0 Å². The Hall–Kier alpha value is 2.25. The Balaban J connectivity index is 3.36. The van der Waals surface area contributed by atoms with Gasteiger partial charge in [0.05, 0.1) is 0 Å². The molecule has 0 fully saturated rings. The molecule has 0 aromatic carbocycles. The summed E-state index contributed by atoms with van der Waals surface area (Å²) in [5, 5.41) is 0. The second-order valence-corrected chi connectivity index (χ2v) is 47.3. The first-order valence-corrected chi connectivity index (χ1v) is 24.9. The van der Waals surface area contributed by atoms with Gasteiger partial charge in [-0.1, -0.05) is 0 Å². The SMILES string of the molecule is C[O][Hf]([I])([I])[O]C. The quantitative estimate of drug-likeness (QED) is 0.432. The number of hydrogen-bond donors (Lipinski definition) is 0. The molecule has 0 heterocycles. The van der Waals surface area contributed by atoms with Gasteiger partial charge in [0, 0.05) is 0 Å². The first-order chi connectivity index (χ1) is 3.12. The average Bonchev–Trinajstić information content (AvgIpc) is 1.68. The van der Waals surface area contributed by atoms with E-state index in [0.717, 1.165) is 0 Å². The molecule has 0 aromatic rings. The zero-order valence-corrected chi connectivity index (χ0v) is 12.0. The van der Waals surface area contributed by atoms with Gasteiger partial charge in [-0.05, 0) is 0 Å². The fourth-order valence-corrected chi connectivity index (χ4v) is 0.682. The van der Waals surface area contributed by atoms with E-state index in [2.05, 4.69) is 36.3 Å². The third-order valence-electron chi connectivity index (χ3n) is 0.475. The van der Waals surface area contributed by atoms with Crippen LogP contribution in [0.4, 0.5) is 0 Å². The standard InChI is InChI=1S/2CH3O.Hf.2HI/c2*1-2;;;/h2*1H3;;2*1H/q2*-1;+4;;/p-2. The van der Waals surface area contributed by atoms with E-state index in [-0.39, 0.29) is 0 Å². The Bertz CT molecular complexity index is 51.7. The van der Waals surface area contributed by atoms with Gasteiger partial charge in [-0.3, -0.25) is 0 Å². The zero-order valence-electron chi connectivity index (χ0n) is 4.07. The normalized spacial score (nSPS) is 12.0. The van der Waals surface area contributed by atoms with Gasteiger partial charge in [0.2, 0.25) is 0 Å². The third-order valence-corrected chi connectivity index (χ3v) is 18.3. The zero-order chi connectivity index (χ0) is 5.91. The molecule has 0 radical (unpaired) electrons. The molecule has 0 amide bonds. The van der Waals surface area contributed by atoms with Crippen molar-refractivity contribution in [3.8, 4) is 0 Å². The molecule has 0 aliphatic carbocycles. The molecule has 0 aromatic heterocycles. The van der Waals surface area contributed by atoms with Crippen LogP contribution < -0.4 is 0 Å². The minimum atomic E-state index is -2.45. The predicted octanol–water partition coefficient (Wildman–Crippen LogP) is 1.96. The molecule has 7 heavy (non-hydrogen) atoms. The fraction of sp³-hybridized carbons (Fsp3) is 1.00. The summed E-state index contributed by atoms with van der Waals surface area (Å²) >= 11 is 2.08. The van der Waals surface area contributed by atoms with Gasteiger partial charge in [0.1, 0.15) is 0 Å². The van der Waals surface area contributed by atoms with Gasteiger partial charge < -0.3 is 0 Å². The van der Waals surface area contributed by atoms with E-state index in [1.807, 2.05) is 0 Å². The summed E-state index contributed by atoms with van der Waals surface area (Å²) in [4.78, 5) is 0. The van der Waals surface area contributed by atoms with Crippen molar-refractivity contribution < 1.29 is 18.2 Å². The Labute approximate surface area is 67.4 Å². The van der Waals surface area contributed by atoms with Gasteiger partial charge in [-0.25, -0.2) is 0 Å². The summed E-state index contributed by atoms with van der Waals surface area (Å²) in [5.74, 6) is 0. The molecule has 0 bridgehead atoms. The van der Waals surface area contributed by atoms with Gasteiger partial charge >= 0.3 is 68.7 Å². The molecule has 0 aliphatic heterocycles. The number of halogens is 2. The van der Waals surface area contributed by atoms with Gasteiger partial charge in [-0.15, -0.1) is 0 Å². The van der Waals surface area contributed by atoms with E-state index in [1.165, 1.54) is 0 Å². The van der Waals surface area contributed by atoms with Crippen molar-refractivity contribution in [2.45, 2.75) is 0 Å². The molecule has 0 N–H and O–H groups in total. The van der Waals surface area contributed by atoms with E-state index in [4.69, 9.17) is 5.71 Å². The average molecular weight is 494 g/mol. The van der Waals surface area contributed by atoms with Crippen LogP contribution in [0.1, 0.15) is 0 Å². The van der Waals surface area contributed by atoms with E-state index in [1.54, 1.807) is 14.2 Å². The second-order valence-electron chi connectivity index (χ2n) is 0.872. The van der Waals surface area contributed by atoms with Gasteiger partial charge in [0.25, 0.3) is 0 Å². The molecule has 2 nitrogen and oxygen atoms in total. The van der Waals surface area contributed by atoms with Crippen LogP contribution in [-0.2, 0) is 18.2 Å². The van der Waals surface area contributed by atoms with Crippen LogP contribution in [0, 0.1) is 0 Å². The van der Waals surface area contributed by atoms with Crippen molar-refractivity contribution in [2.24, 2.45) is 0 Å². The summed E-state index contributed by atoms with van der Waals surface area (Å²) in [5.41, 5.74) is 0. The molecular weight excluding hydrogens is 488 g/mol. The summed E-state index contributed by atoms with van der Waals surface area (Å²) in [6.07, 6.45) is 0. The van der Waals surface area contributed by atoms with Gasteiger partial charge in [-0.2, -0.15) is 0 Å². The summed E-state index contributed by atoms with van der Waals surface area (Å²) in [6.45, 7) is 0. The first-order valence-electron chi connectivity index (χ1n) is 1.60. The molecule has 0 rings (SSSR count). The summed E-state index contributed by atoms with van der Waals surface area (Å²) in [7, 11) is 3.40. The van der Waals surface area contributed by atoms with Crippen molar-refractivity contribution in [1.82, 2.24) is 0 Å². The topological polar surface area (TPSA) is 18.5 Å². The van der Waals surface area contributed by atoms with Crippen molar-refractivity contribution >= 4 is 36.3 Å². The number of rotatable bonds is 2. The van der Waals surface area contributed by atoms with E-state index >= 15 is 0 Å². The van der Waals surface area contributed by atoms with Crippen molar-refractivity contribution in [2.75, 3.05) is 14.2 Å². The first kappa shape index (κ1) is 9.25. The molecule has 0 atom stereocenters. The van der Waals surface area contributed by atoms with Crippen LogP contribution in [0.2, 0.25) is 0 Å². The van der Waals surface area contributed by atoms with Crippen LogP contribution in [0.3, 0.4) is 0 Å². The van der Waals surface area contributed by atoms with Crippen molar-refractivity contribution in [3.63, 3.8) is 0 Å². The maximum absolute atomic E-state index is 5.06. The van der Waals surface area contributed by atoms with E-state index in [0.29, 0.717) is 0 Å². The van der Waals surface area contributed by atoms with E-state index < -0.39 is 12.5 Å². The molecule has 0 aliphatic rings. The molecular formula is C2H6HfI2O2. The van der Waals surface area contributed by atoms with Crippen molar-refractivity contribution in [3.05, 3.63) is 0 Å². The molecule has 0 saturated carbocycles. The molecule has 44 valence electrons. The third kappa shape index (κ3) is 4.73. The number of hydrogen-bond acceptors (Lipinski definition) is 2. The molecule has 5 heteroatoms. The second kappa shape index (κ2) is 4.13.